The van der Waals surface area contributed by atoms with Crippen molar-refractivity contribution in [2.75, 3.05) is 29.4 Å². The lowest BCUT2D eigenvalue weighted by molar-refractivity contribution is -0.116. The molecule has 3 N–H and O–H groups in total. The number of carbonyl (C=O) groups is 1. The van der Waals surface area contributed by atoms with Crippen LogP contribution in [0.3, 0.4) is 0 Å². The largest absolute Gasteiger partial charge is 0.326 e. The normalized spacial score (nSPS) is 11.2. The smallest absolute Gasteiger partial charge is 0.232 e. The Morgan fingerprint density at radius 1 is 1.09 bits per heavy atom. The zero-order valence-electron chi connectivity index (χ0n) is 13.2. The first kappa shape index (κ1) is 18.4. The van der Waals surface area contributed by atoms with Gasteiger partial charge in [0.15, 0.2) is 0 Å². The number of unbranched alkanes of at least 4 members (excludes halogenated alkanes) is 1. The Morgan fingerprint density at radius 2 is 1.73 bits per heavy atom. The summed E-state index contributed by atoms with van der Waals surface area (Å²) < 4.78 is 26.1. The minimum Gasteiger partial charge on any atom is -0.326 e. The molecule has 0 atom stereocenters. The fraction of sp³-hybridized carbons (Fsp3) is 0.533. The van der Waals surface area contributed by atoms with Gasteiger partial charge < -0.3 is 10.6 Å². The van der Waals surface area contributed by atoms with Crippen LogP contribution in [0.1, 0.15) is 32.6 Å². The lowest BCUT2D eigenvalue weighted by atomic mass is 10.2. The van der Waals surface area contributed by atoms with Gasteiger partial charge in [-0.2, -0.15) is 0 Å². The molecule has 0 aliphatic heterocycles. The number of nitrogens with one attached hydrogen (secondary N) is 3. The number of hydrogen-bond acceptors (Lipinski definition) is 4. The van der Waals surface area contributed by atoms with Gasteiger partial charge in [-0.1, -0.05) is 13.3 Å². The Bertz CT molecular complexity index is 556. The highest BCUT2D eigenvalue weighted by atomic mass is 32.2. The predicted octanol–water partition coefficient (Wildman–Crippen LogP) is 2.17. The minimum atomic E-state index is -3.29. The van der Waals surface area contributed by atoms with Crippen LogP contribution in [0.25, 0.3) is 0 Å². The van der Waals surface area contributed by atoms with E-state index in [1.165, 1.54) is 0 Å². The van der Waals surface area contributed by atoms with Crippen LogP contribution in [-0.2, 0) is 14.8 Å². The molecule has 1 rings (SSSR count). The van der Waals surface area contributed by atoms with E-state index < -0.39 is 10.0 Å². The van der Waals surface area contributed by atoms with Gasteiger partial charge in [-0.3, -0.25) is 9.52 Å². The molecule has 0 bridgehead atoms. The van der Waals surface area contributed by atoms with Gasteiger partial charge in [0.1, 0.15) is 0 Å². The summed E-state index contributed by atoms with van der Waals surface area (Å²) in [4.78, 5) is 11.7. The van der Waals surface area contributed by atoms with Crippen LogP contribution < -0.4 is 15.4 Å². The molecule has 0 radical (unpaired) electrons. The standard InChI is InChI=1S/C15H25N3O3S/c1-3-4-12-22(20,21)18-14-9-7-13(8-10-14)17-15(19)6-5-11-16-2/h7-10,16,18H,3-6,11-12H2,1-2H3,(H,17,19). The average Bonchev–Trinajstić information content (AvgIpc) is 2.47. The van der Waals surface area contributed by atoms with Gasteiger partial charge in [0.05, 0.1) is 5.75 Å². The summed E-state index contributed by atoms with van der Waals surface area (Å²) in [5.74, 6) is 0.0690. The van der Waals surface area contributed by atoms with E-state index in [9.17, 15) is 13.2 Å². The molecule has 1 aromatic rings. The van der Waals surface area contributed by atoms with E-state index in [1.54, 1.807) is 24.3 Å². The predicted molar refractivity (Wildman–Crippen MR) is 90.5 cm³/mol. The summed E-state index contributed by atoms with van der Waals surface area (Å²) in [7, 11) is -1.45. The van der Waals surface area contributed by atoms with Crippen LogP contribution in [0.4, 0.5) is 11.4 Å². The molecule has 0 heterocycles. The van der Waals surface area contributed by atoms with E-state index in [4.69, 9.17) is 0 Å². The first-order valence-electron chi connectivity index (χ1n) is 7.52. The monoisotopic (exact) mass is 327 g/mol. The maximum atomic E-state index is 11.8. The van der Waals surface area contributed by atoms with Crippen molar-refractivity contribution in [3.05, 3.63) is 24.3 Å². The van der Waals surface area contributed by atoms with E-state index in [2.05, 4.69) is 15.4 Å². The summed E-state index contributed by atoms with van der Waals surface area (Å²) in [6, 6.07) is 6.67. The number of benzene rings is 1. The molecule has 1 aromatic carbocycles. The van der Waals surface area contributed by atoms with E-state index in [0.29, 0.717) is 24.2 Å². The molecule has 0 saturated carbocycles. The molecule has 124 valence electrons. The molecule has 0 aliphatic rings. The number of carbonyl (C=O) groups excluding carboxylic acids is 1. The van der Waals surface area contributed by atoms with E-state index in [1.807, 2.05) is 14.0 Å². The van der Waals surface area contributed by atoms with Crippen LogP contribution in [0.2, 0.25) is 0 Å². The average molecular weight is 327 g/mol. The van der Waals surface area contributed by atoms with Crippen molar-refractivity contribution in [1.82, 2.24) is 5.32 Å². The molecule has 22 heavy (non-hydrogen) atoms. The summed E-state index contributed by atoms with van der Waals surface area (Å²) >= 11 is 0. The molecular formula is C15H25N3O3S. The van der Waals surface area contributed by atoms with Gasteiger partial charge >= 0.3 is 0 Å². The van der Waals surface area contributed by atoms with Crippen molar-refractivity contribution in [2.45, 2.75) is 32.6 Å². The van der Waals surface area contributed by atoms with Crippen molar-refractivity contribution in [1.29, 1.82) is 0 Å². The van der Waals surface area contributed by atoms with Crippen molar-refractivity contribution in [3.8, 4) is 0 Å². The second-order valence-corrected chi connectivity index (χ2v) is 6.95. The van der Waals surface area contributed by atoms with Gasteiger partial charge in [-0.15, -0.1) is 0 Å². The fourth-order valence-corrected chi connectivity index (χ4v) is 3.10. The lowest BCUT2D eigenvalue weighted by Gasteiger charge is -2.09. The number of amides is 1. The second kappa shape index (κ2) is 9.42. The highest BCUT2D eigenvalue weighted by molar-refractivity contribution is 7.92. The Hall–Kier alpha value is -1.60. The third kappa shape index (κ3) is 7.42. The van der Waals surface area contributed by atoms with Crippen molar-refractivity contribution >= 4 is 27.3 Å². The SMILES string of the molecule is CCCCS(=O)(=O)Nc1ccc(NC(=O)CCCNC)cc1. The highest BCUT2D eigenvalue weighted by Gasteiger charge is 2.09. The molecule has 0 fully saturated rings. The zero-order chi connectivity index (χ0) is 16.4. The van der Waals surface area contributed by atoms with Gasteiger partial charge in [0.25, 0.3) is 0 Å². The Kier molecular flexibility index (Phi) is 7.90. The quantitative estimate of drug-likeness (QED) is 0.575. The molecule has 0 saturated heterocycles. The minimum absolute atomic E-state index is 0.0495. The van der Waals surface area contributed by atoms with Crippen LogP contribution in [0.5, 0.6) is 0 Å². The number of sulfonamides is 1. The van der Waals surface area contributed by atoms with Gasteiger partial charge in [-0.25, -0.2) is 8.42 Å². The van der Waals surface area contributed by atoms with Crippen molar-refractivity contribution in [2.24, 2.45) is 0 Å². The maximum absolute atomic E-state index is 11.8. The van der Waals surface area contributed by atoms with E-state index in [-0.39, 0.29) is 11.7 Å². The summed E-state index contributed by atoms with van der Waals surface area (Å²) in [6.07, 6.45) is 2.69. The Labute approximate surface area is 132 Å². The second-order valence-electron chi connectivity index (χ2n) is 5.11. The van der Waals surface area contributed by atoms with Gasteiger partial charge in [-0.05, 0) is 50.7 Å². The third-order valence-electron chi connectivity index (χ3n) is 3.04. The molecule has 6 nitrogen and oxygen atoms in total. The molecule has 0 unspecified atom stereocenters. The third-order valence-corrected chi connectivity index (χ3v) is 4.41. The van der Waals surface area contributed by atoms with Crippen molar-refractivity contribution in [3.63, 3.8) is 0 Å². The highest BCUT2D eigenvalue weighted by Crippen LogP contribution is 2.15. The molecule has 0 spiro atoms. The molecule has 0 aliphatic carbocycles. The van der Waals surface area contributed by atoms with Crippen molar-refractivity contribution < 1.29 is 13.2 Å². The van der Waals surface area contributed by atoms with Gasteiger partial charge in [0, 0.05) is 17.8 Å². The summed E-state index contributed by atoms with van der Waals surface area (Å²) in [5, 5.41) is 5.77. The van der Waals surface area contributed by atoms with Crippen LogP contribution >= 0.6 is 0 Å². The van der Waals surface area contributed by atoms with Gasteiger partial charge in [0.2, 0.25) is 15.9 Å². The van der Waals surface area contributed by atoms with Crippen LogP contribution in [-0.4, -0.2) is 33.7 Å². The lowest BCUT2D eigenvalue weighted by Crippen LogP contribution is -2.17. The Balaban J connectivity index is 2.51. The summed E-state index contributed by atoms with van der Waals surface area (Å²) in [5.41, 5.74) is 1.16. The number of hydrogen-bond donors (Lipinski definition) is 3. The first-order chi connectivity index (χ1) is 10.5. The Morgan fingerprint density at radius 3 is 2.32 bits per heavy atom. The van der Waals surface area contributed by atoms with E-state index in [0.717, 1.165) is 19.4 Å². The summed E-state index contributed by atoms with van der Waals surface area (Å²) in [6.45, 7) is 2.75. The zero-order valence-corrected chi connectivity index (χ0v) is 14.0. The first-order valence-corrected chi connectivity index (χ1v) is 9.17. The number of rotatable bonds is 10. The van der Waals surface area contributed by atoms with Crippen LogP contribution in [0.15, 0.2) is 24.3 Å². The number of anilines is 2. The fourth-order valence-electron chi connectivity index (χ4n) is 1.84. The topological polar surface area (TPSA) is 87.3 Å². The molecule has 1 amide bonds. The molecule has 0 aromatic heterocycles. The maximum Gasteiger partial charge on any atom is 0.232 e. The van der Waals surface area contributed by atoms with E-state index >= 15 is 0 Å². The molecular weight excluding hydrogens is 302 g/mol. The molecule has 7 heteroatoms. The van der Waals surface area contributed by atoms with Crippen LogP contribution in [0, 0.1) is 0 Å².